The van der Waals surface area contributed by atoms with E-state index >= 15 is 0 Å². The topological polar surface area (TPSA) is 80.6 Å². The van der Waals surface area contributed by atoms with Gasteiger partial charge in [0.05, 0.1) is 12.8 Å². The van der Waals surface area contributed by atoms with Gasteiger partial charge < -0.3 is 19.8 Å². The van der Waals surface area contributed by atoms with E-state index < -0.39 is 0 Å². The molecule has 6 nitrogen and oxygen atoms in total. The summed E-state index contributed by atoms with van der Waals surface area (Å²) in [6, 6.07) is 3.70. The van der Waals surface area contributed by atoms with Crippen LogP contribution in [0.2, 0.25) is 0 Å². The van der Waals surface area contributed by atoms with Crippen molar-refractivity contribution in [1.29, 1.82) is 0 Å². The van der Waals surface area contributed by atoms with Crippen LogP contribution in [-0.2, 0) is 20.9 Å². The number of carbonyl (C=O) groups is 2. The molecule has 1 aromatic rings. The Hall–Kier alpha value is -1.82. The first kappa shape index (κ1) is 18.5. The molecule has 4 aliphatic rings. The summed E-state index contributed by atoms with van der Waals surface area (Å²) in [6.45, 7) is 1.63. The Labute approximate surface area is 160 Å². The molecule has 4 saturated carbocycles. The van der Waals surface area contributed by atoms with Gasteiger partial charge in [-0.2, -0.15) is 0 Å². The molecule has 5 rings (SSSR count). The van der Waals surface area contributed by atoms with Gasteiger partial charge in [0, 0.05) is 18.6 Å². The molecule has 27 heavy (non-hydrogen) atoms. The lowest BCUT2D eigenvalue weighted by Gasteiger charge is -2.55. The highest BCUT2D eigenvalue weighted by Gasteiger charge is 2.54. The Kier molecular flexibility index (Phi) is 5.53. The Morgan fingerprint density at radius 2 is 1.81 bits per heavy atom. The summed E-state index contributed by atoms with van der Waals surface area (Å²) in [6.07, 6.45) is 9.38. The Bertz CT molecular complexity index is 620. The average molecular weight is 374 g/mol. The van der Waals surface area contributed by atoms with Gasteiger partial charge in [0.25, 0.3) is 0 Å². The van der Waals surface area contributed by atoms with E-state index in [1.165, 1.54) is 19.3 Å². The molecule has 0 atom stereocenters. The number of hydrogen-bond acceptors (Lipinski definition) is 4. The maximum Gasteiger partial charge on any atom is 0.239 e. The first-order valence-electron chi connectivity index (χ1n) is 10.3. The maximum atomic E-state index is 12.8. The molecule has 0 aliphatic heterocycles. The standard InChI is InChI=1S/C21H30N2O4/c24-19(22-4-2-5-26-14-18-3-1-6-27-18)13-23-20(25)21-10-15-7-16(11-21)9-17(8-15)12-21/h1,3,6,15-17H,2,4-5,7-14H2,(H,22,24)(H,23,25). The van der Waals surface area contributed by atoms with Crippen molar-refractivity contribution < 1.29 is 18.7 Å². The number of carbonyl (C=O) groups excluding carboxylic acids is 2. The molecule has 6 heteroatoms. The molecule has 1 heterocycles. The highest BCUT2D eigenvalue weighted by Crippen LogP contribution is 2.60. The highest BCUT2D eigenvalue weighted by atomic mass is 16.5. The summed E-state index contributed by atoms with van der Waals surface area (Å²) in [5.74, 6) is 2.98. The largest absolute Gasteiger partial charge is 0.467 e. The van der Waals surface area contributed by atoms with Gasteiger partial charge in [0.2, 0.25) is 11.8 Å². The summed E-state index contributed by atoms with van der Waals surface area (Å²) < 4.78 is 10.7. The van der Waals surface area contributed by atoms with Crippen LogP contribution in [0.4, 0.5) is 0 Å². The summed E-state index contributed by atoms with van der Waals surface area (Å²) in [7, 11) is 0. The molecule has 0 unspecified atom stereocenters. The van der Waals surface area contributed by atoms with Crippen molar-refractivity contribution in [2.24, 2.45) is 23.2 Å². The van der Waals surface area contributed by atoms with Gasteiger partial charge in [-0.05, 0) is 74.8 Å². The third-order valence-electron chi connectivity index (χ3n) is 6.54. The predicted molar refractivity (Wildman–Crippen MR) is 99.6 cm³/mol. The third-order valence-corrected chi connectivity index (χ3v) is 6.54. The van der Waals surface area contributed by atoms with Crippen LogP contribution in [0.3, 0.4) is 0 Å². The van der Waals surface area contributed by atoms with Crippen molar-refractivity contribution in [3.05, 3.63) is 24.2 Å². The molecule has 2 N–H and O–H groups in total. The van der Waals surface area contributed by atoms with Gasteiger partial charge in [-0.1, -0.05) is 0 Å². The van der Waals surface area contributed by atoms with Crippen molar-refractivity contribution in [1.82, 2.24) is 10.6 Å². The van der Waals surface area contributed by atoms with Gasteiger partial charge in [-0.3, -0.25) is 9.59 Å². The van der Waals surface area contributed by atoms with Crippen LogP contribution in [0, 0.1) is 23.2 Å². The molecule has 0 aromatic carbocycles. The molecule has 148 valence electrons. The van der Waals surface area contributed by atoms with Crippen molar-refractivity contribution in [3.8, 4) is 0 Å². The molecule has 0 saturated heterocycles. The molecule has 0 radical (unpaired) electrons. The van der Waals surface area contributed by atoms with E-state index in [0.717, 1.165) is 49.2 Å². The Balaban J connectivity index is 1.11. The molecular weight excluding hydrogens is 344 g/mol. The number of ether oxygens (including phenoxy) is 1. The smallest absolute Gasteiger partial charge is 0.239 e. The lowest BCUT2D eigenvalue weighted by Crippen LogP contribution is -2.54. The van der Waals surface area contributed by atoms with E-state index in [4.69, 9.17) is 9.15 Å². The minimum Gasteiger partial charge on any atom is -0.467 e. The lowest BCUT2D eigenvalue weighted by atomic mass is 9.49. The van der Waals surface area contributed by atoms with E-state index in [1.54, 1.807) is 6.26 Å². The van der Waals surface area contributed by atoms with Crippen LogP contribution in [0.15, 0.2) is 22.8 Å². The van der Waals surface area contributed by atoms with Gasteiger partial charge in [0.1, 0.15) is 12.4 Å². The van der Waals surface area contributed by atoms with Crippen LogP contribution in [0.25, 0.3) is 0 Å². The summed E-state index contributed by atoms with van der Waals surface area (Å²) in [4.78, 5) is 24.8. The van der Waals surface area contributed by atoms with Gasteiger partial charge >= 0.3 is 0 Å². The van der Waals surface area contributed by atoms with Gasteiger partial charge in [-0.15, -0.1) is 0 Å². The number of amides is 2. The third kappa shape index (κ3) is 4.37. The predicted octanol–water partition coefficient (Wildman–Crippen LogP) is 2.64. The monoisotopic (exact) mass is 374 g/mol. The molecule has 4 fully saturated rings. The second kappa shape index (κ2) is 8.05. The second-order valence-corrected chi connectivity index (χ2v) is 8.72. The van der Waals surface area contributed by atoms with Crippen molar-refractivity contribution in [2.45, 2.75) is 51.6 Å². The Morgan fingerprint density at radius 3 is 2.44 bits per heavy atom. The molecule has 4 bridgehead atoms. The number of nitrogens with one attached hydrogen (secondary N) is 2. The van der Waals surface area contributed by atoms with Crippen molar-refractivity contribution in [2.75, 3.05) is 19.7 Å². The van der Waals surface area contributed by atoms with Crippen LogP contribution >= 0.6 is 0 Å². The molecule has 4 aliphatic carbocycles. The van der Waals surface area contributed by atoms with E-state index in [0.29, 0.717) is 19.8 Å². The van der Waals surface area contributed by atoms with E-state index in [2.05, 4.69) is 10.6 Å². The van der Waals surface area contributed by atoms with Crippen molar-refractivity contribution >= 4 is 11.8 Å². The summed E-state index contributed by atoms with van der Waals surface area (Å²) in [5.41, 5.74) is -0.186. The zero-order chi connectivity index (χ0) is 18.7. The second-order valence-electron chi connectivity index (χ2n) is 8.72. The van der Waals surface area contributed by atoms with Crippen molar-refractivity contribution in [3.63, 3.8) is 0 Å². The lowest BCUT2D eigenvalue weighted by molar-refractivity contribution is -0.147. The minimum atomic E-state index is -0.186. The fourth-order valence-electron chi connectivity index (χ4n) is 5.77. The van der Waals surface area contributed by atoms with E-state index in [1.807, 2.05) is 12.1 Å². The zero-order valence-corrected chi connectivity index (χ0v) is 15.9. The molecular formula is C21H30N2O4. The SMILES string of the molecule is O=C(CNC(=O)C12CC3CC(CC(C3)C1)C2)NCCCOCc1ccco1. The Morgan fingerprint density at radius 1 is 1.11 bits per heavy atom. The first-order chi connectivity index (χ1) is 13.1. The average Bonchev–Trinajstić information content (AvgIpc) is 3.15. The zero-order valence-electron chi connectivity index (χ0n) is 15.9. The molecule has 1 aromatic heterocycles. The van der Waals surface area contributed by atoms with Crippen LogP contribution in [0.1, 0.15) is 50.7 Å². The minimum absolute atomic E-state index is 0.0772. The van der Waals surface area contributed by atoms with E-state index in [-0.39, 0.29) is 23.8 Å². The van der Waals surface area contributed by atoms with Gasteiger partial charge in [-0.25, -0.2) is 0 Å². The summed E-state index contributed by atoms with van der Waals surface area (Å²) >= 11 is 0. The number of rotatable bonds is 9. The normalized spacial score (nSPS) is 31.0. The van der Waals surface area contributed by atoms with Crippen LogP contribution in [-0.4, -0.2) is 31.5 Å². The number of furan rings is 1. The fourth-order valence-corrected chi connectivity index (χ4v) is 5.77. The number of hydrogen-bond donors (Lipinski definition) is 2. The quantitative estimate of drug-likeness (QED) is 0.651. The maximum absolute atomic E-state index is 12.8. The highest BCUT2D eigenvalue weighted by molar-refractivity contribution is 5.88. The van der Waals surface area contributed by atoms with Crippen LogP contribution in [0.5, 0.6) is 0 Å². The fraction of sp³-hybridized carbons (Fsp3) is 0.714. The van der Waals surface area contributed by atoms with E-state index in [9.17, 15) is 9.59 Å². The summed E-state index contributed by atoms with van der Waals surface area (Å²) in [5, 5.41) is 5.76. The van der Waals surface area contributed by atoms with Gasteiger partial charge in [0.15, 0.2) is 0 Å². The molecule has 2 amide bonds. The van der Waals surface area contributed by atoms with Crippen LogP contribution < -0.4 is 10.6 Å². The first-order valence-corrected chi connectivity index (χ1v) is 10.3. The molecule has 0 spiro atoms.